The molecule has 0 radical (unpaired) electrons. The third-order valence-electron chi connectivity index (χ3n) is 10.7. The van der Waals surface area contributed by atoms with E-state index in [0.717, 1.165) is 5.69 Å². The van der Waals surface area contributed by atoms with Gasteiger partial charge in [0, 0.05) is 32.9 Å². The van der Waals surface area contributed by atoms with E-state index >= 15 is 0 Å². The van der Waals surface area contributed by atoms with Crippen molar-refractivity contribution < 1.29 is 0 Å². The van der Waals surface area contributed by atoms with E-state index in [0.29, 0.717) is 0 Å². The Balaban J connectivity index is 1.32. The maximum absolute atomic E-state index is 2.54. The normalized spacial score (nSPS) is 13.3. The molecular formula is C47H34N2. The second kappa shape index (κ2) is 10.4. The van der Waals surface area contributed by atoms with Gasteiger partial charge in [0.15, 0.2) is 0 Å². The van der Waals surface area contributed by atoms with Gasteiger partial charge in [-0.25, -0.2) is 0 Å². The molecule has 0 aliphatic heterocycles. The Labute approximate surface area is 286 Å². The lowest BCUT2D eigenvalue weighted by Crippen LogP contribution is -2.20. The summed E-state index contributed by atoms with van der Waals surface area (Å²) in [5, 5.41) is 7.49. The molecule has 1 heterocycles. The van der Waals surface area contributed by atoms with Crippen LogP contribution in [0.15, 0.2) is 170 Å². The largest absolute Gasteiger partial charge is 0.309 e. The quantitative estimate of drug-likeness (QED) is 0.176. The average molecular weight is 627 g/mol. The second-order valence-electron chi connectivity index (χ2n) is 13.8. The Hall–Kier alpha value is -6.12. The fourth-order valence-electron chi connectivity index (χ4n) is 8.59. The average Bonchev–Trinajstić information content (AvgIpc) is 3.61. The van der Waals surface area contributed by atoms with E-state index in [2.05, 4.69) is 193 Å². The van der Waals surface area contributed by atoms with E-state index in [1.807, 2.05) is 0 Å². The first-order valence-corrected chi connectivity index (χ1v) is 17.1. The molecule has 0 N–H and O–H groups in total. The Kier molecular flexibility index (Phi) is 5.95. The van der Waals surface area contributed by atoms with Gasteiger partial charge in [-0.05, 0) is 86.9 Å². The molecule has 9 aromatic rings. The molecule has 0 fully saturated rings. The number of rotatable bonds is 4. The lowest BCUT2D eigenvalue weighted by Gasteiger charge is -2.33. The number of aromatic nitrogens is 1. The fraction of sp³-hybridized carbons (Fsp3) is 0.0638. The van der Waals surface area contributed by atoms with E-state index < -0.39 is 0 Å². The first kappa shape index (κ1) is 27.9. The number of para-hydroxylation sites is 2. The molecule has 2 nitrogen and oxygen atoms in total. The minimum Gasteiger partial charge on any atom is -0.309 e. The number of benzene rings is 8. The third-order valence-corrected chi connectivity index (χ3v) is 10.7. The molecule has 49 heavy (non-hydrogen) atoms. The summed E-state index contributed by atoms with van der Waals surface area (Å²) in [7, 11) is 0. The molecule has 2 heteroatoms. The van der Waals surface area contributed by atoms with Crippen LogP contribution in [0.2, 0.25) is 0 Å². The van der Waals surface area contributed by atoms with Gasteiger partial charge in [0.2, 0.25) is 0 Å². The minimum atomic E-state index is -0.180. The van der Waals surface area contributed by atoms with Crippen molar-refractivity contribution in [2.24, 2.45) is 0 Å². The molecule has 0 bridgehead atoms. The summed E-state index contributed by atoms with van der Waals surface area (Å²) in [6.07, 6.45) is 0. The highest BCUT2D eigenvalue weighted by Crippen LogP contribution is 2.55. The molecule has 1 aliphatic carbocycles. The fourth-order valence-corrected chi connectivity index (χ4v) is 8.59. The SMILES string of the molecule is CC1(C)c2ccccc2-c2cccc(N(c3ccc4c(c3)c3ccccc3n4-c3ccccc3)c3cc4ccccc4c4ccccc34)c21. The lowest BCUT2D eigenvalue weighted by atomic mass is 9.81. The minimum absolute atomic E-state index is 0.180. The topological polar surface area (TPSA) is 8.17 Å². The van der Waals surface area contributed by atoms with Crippen LogP contribution < -0.4 is 4.90 Å². The van der Waals surface area contributed by atoms with E-state index in [9.17, 15) is 0 Å². The predicted octanol–water partition coefficient (Wildman–Crippen LogP) is 12.9. The van der Waals surface area contributed by atoms with Gasteiger partial charge >= 0.3 is 0 Å². The van der Waals surface area contributed by atoms with Crippen molar-refractivity contribution in [3.05, 3.63) is 181 Å². The Morgan fingerprint density at radius 3 is 1.96 bits per heavy atom. The van der Waals surface area contributed by atoms with Gasteiger partial charge in [0.05, 0.1) is 22.4 Å². The summed E-state index contributed by atoms with van der Waals surface area (Å²) in [6.45, 7) is 4.77. The summed E-state index contributed by atoms with van der Waals surface area (Å²) in [4.78, 5) is 2.54. The predicted molar refractivity (Wildman–Crippen MR) is 208 cm³/mol. The molecule has 0 amide bonds. The van der Waals surface area contributed by atoms with Gasteiger partial charge < -0.3 is 9.47 Å². The van der Waals surface area contributed by atoms with Crippen LogP contribution in [0.25, 0.3) is 60.2 Å². The highest BCUT2D eigenvalue weighted by molar-refractivity contribution is 6.16. The molecule has 8 aromatic carbocycles. The smallest absolute Gasteiger partial charge is 0.0546 e. The maximum atomic E-state index is 2.54. The highest BCUT2D eigenvalue weighted by atomic mass is 15.1. The molecule has 1 aliphatic rings. The molecule has 1 aromatic heterocycles. The van der Waals surface area contributed by atoms with Crippen molar-refractivity contribution in [1.82, 2.24) is 4.57 Å². The van der Waals surface area contributed by atoms with Crippen molar-refractivity contribution in [2.75, 3.05) is 4.90 Å². The molecule has 0 atom stereocenters. The lowest BCUT2D eigenvalue weighted by molar-refractivity contribution is 0.661. The highest BCUT2D eigenvalue weighted by Gasteiger charge is 2.39. The van der Waals surface area contributed by atoms with Crippen molar-refractivity contribution >= 4 is 60.4 Å². The number of nitrogens with zero attached hydrogens (tertiary/aromatic N) is 2. The van der Waals surface area contributed by atoms with Gasteiger partial charge in [0.1, 0.15) is 0 Å². The molecule has 232 valence electrons. The van der Waals surface area contributed by atoms with Crippen LogP contribution in [-0.2, 0) is 5.41 Å². The number of hydrogen-bond acceptors (Lipinski definition) is 1. The van der Waals surface area contributed by atoms with Crippen LogP contribution >= 0.6 is 0 Å². The first-order valence-electron chi connectivity index (χ1n) is 17.1. The standard InChI is InChI=1S/C47H34N2/c1-47(2)41-24-12-10-20-36(41)39-23-14-26-44(46(39)47)49(45-29-31-15-6-7-18-34(31)35-19-8-9-21-37(35)45)33-27-28-43-40(30-33)38-22-11-13-25-42(38)48(43)32-16-4-3-5-17-32/h3-30H,1-2H3. The first-order chi connectivity index (χ1) is 24.1. The zero-order chi connectivity index (χ0) is 32.7. The van der Waals surface area contributed by atoms with Crippen molar-refractivity contribution in [3.8, 4) is 16.8 Å². The zero-order valence-electron chi connectivity index (χ0n) is 27.6. The molecule has 0 unspecified atom stereocenters. The van der Waals surface area contributed by atoms with E-state index in [4.69, 9.17) is 0 Å². The van der Waals surface area contributed by atoms with E-state index in [1.54, 1.807) is 0 Å². The van der Waals surface area contributed by atoms with Crippen molar-refractivity contribution in [3.63, 3.8) is 0 Å². The number of anilines is 3. The molecule has 0 saturated carbocycles. The van der Waals surface area contributed by atoms with Crippen LogP contribution in [-0.4, -0.2) is 4.57 Å². The van der Waals surface area contributed by atoms with Gasteiger partial charge in [0.25, 0.3) is 0 Å². The summed E-state index contributed by atoms with van der Waals surface area (Å²) in [5.41, 5.74) is 12.3. The van der Waals surface area contributed by atoms with Gasteiger partial charge in [-0.15, -0.1) is 0 Å². The molecule has 0 spiro atoms. The van der Waals surface area contributed by atoms with Gasteiger partial charge in [-0.1, -0.05) is 135 Å². The van der Waals surface area contributed by atoms with E-state index in [1.165, 1.54) is 82.7 Å². The number of hydrogen-bond donors (Lipinski definition) is 0. The summed E-state index contributed by atoms with van der Waals surface area (Å²) in [5.74, 6) is 0. The monoisotopic (exact) mass is 626 g/mol. The number of fused-ring (bicyclic) bond motifs is 9. The van der Waals surface area contributed by atoms with Crippen LogP contribution in [0, 0.1) is 0 Å². The molecular weight excluding hydrogens is 593 g/mol. The third kappa shape index (κ3) is 4.01. The second-order valence-corrected chi connectivity index (χ2v) is 13.8. The van der Waals surface area contributed by atoms with Gasteiger partial charge in [-0.3, -0.25) is 0 Å². The summed E-state index contributed by atoms with van der Waals surface area (Å²) < 4.78 is 2.39. The van der Waals surface area contributed by atoms with Crippen LogP contribution in [0.3, 0.4) is 0 Å². The Morgan fingerprint density at radius 1 is 0.449 bits per heavy atom. The van der Waals surface area contributed by atoms with Gasteiger partial charge in [-0.2, -0.15) is 0 Å². The molecule has 10 rings (SSSR count). The zero-order valence-corrected chi connectivity index (χ0v) is 27.6. The van der Waals surface area contributed by atoms with Crippen LogP contribution in [0.5, 0.6) is 0 Å². The summed E-state index contributed by atoms with van der Waals surface area (Å²) in [6, 6.07) is 62.4. The molecule has 0 saturated heterocycles. The Morgan fingerprint density at radius 2 is 1.10 bits per heavy atom. The van der Waals surface area contributed by atoms with Crippen LogP contribution in [0.4, 0.5) is 17.1 Å². The van der Waals surface area contributed by atoms with Crippen LogP contribution in [0.1, 0.15) is 25.0 Å². The van der Waals surface area contributed by atoms with Crippen molar-refractivity contribution in [1.29, 1.82) is 0 Å². The van der Waals surface area contributed by atoms with Crippen molar-refractivity contribution in [2.45, 2.75) is 19.3 Å². The maximum Gasteiger partial charge on any atom is 0.0546 e. The Bertz CT molecular complexity index is 2750. The van der Waals surface area contributed by atoms with E-state index in [-0.39, 0.29) is 5.41 Å². The summed E-state index contributed by atoms with van der Waals surface area (Å²) >= 11 is 0.